The first-order valence-electron chi connectivity index (χ1n) is 3.83. The zero-order valence-electron chi connectivity index (χ0n) is 9.36. The Hall–Kier alpha value is -0.336. The number of rotatable bonds is 6. The molecule has 9 heteroatoms. The normalized spacial score (nSPS) is 10.9. The summed E-state index contributed by atoms with van der Waals surface area (Å²) in [6, 6.07) is 8.29. The van der Waals surface area contributed by atoms with Gasteiger partial charge in [-0.3, -0.25) is 0 Å². The van der Waals surface area contributed by atoms with Crippen LogP contribution in [0.25, 0.3) is 0 Å². The molecule has 0 atom stereocenters. The van der Waals surface area contributed by atoms with Gasteiger partial charge < -0.3 is 5.85 Å². The van der Waals surface area contributed by atoms with Crippen molar-refractivity contribution in [2.45, 2.75) is 6.61 Å². The topological polar surface area (TPSA) is 36.9 Å². The third-order valence-electron chi connectivity index (χ3n) is 1.54. The Morgan fingerprint density at radius 2 is 1.50 bits per heavy atom. The van der Waals surface area contributed by atoms with E-state index in [0.717, 1.165) is 0 Å². The van der Waals surface area contributed by atoms with Gasteiger partial charge in [0.2, 0.25) is 0 Å². The predicted molar refractivity (Wildman–Crippen MR) is 44.7 cm³/mol. The van der Waals surface area contributed by atoms with Crippen LogP contribution in [-0.4, -0.2) is 9.05 Å². The van der Waals surface area contributed by atoms with Crippen LogP contribution in [0.5, 0.6) is 0 Å². The molecule has 0 heterocycles. The summed E-state index contributed by atoms with van der Waals surface area (Å²) in [5.41, 5.74) is 0.556. The second kappa shape index (κ2) is 7.86. The van der Waals surface area contributed by atoms with Crippen molar-refractivity contribution < 1.29 is 52.2 Å². The van der Waals surface area contributed by atoms with E-state index in [1.807, 2.05) is 0 Å². The van der Waals surface area contributed by atoms with Gasteiger partial charge in [-0.1, -0.05) is 43.9 Å². The third-order valence-corrected chi connectivity index (χ3v) is 2.61. The van der Waals surface area contributed by atoms with Crippen molar-refractivity contribution >= 4 is 9.05 Å². The molecule has 0 fully saturated rings. The molecule has 0 aliphatic carbocycles. The molecule has 1 aromatic carbocycles. The van der Waals surface area contributed by atoms with Gasteiger partial charge in [-0.05, 0) is 5.56 Å². The van der Waals surface area contributed by atoms with Crippen molar-refractivity contribution in [1.29, 1.82) is 0 Å². The van der Waals surface area contributed by atoms with Gasteiger partial charge in [0.15, 0.2) is 0 Å². The quantitative estimate of drug-likeness (QED) is 0.633. The molecule has 0 saturated heterocycles. The molecule has 0 N–H and O–H groups in total. The maximum Gasteiger partial charge on any atom is 1.00 e. The summed E-state index contributed by atoms with van der Waals surface area (Å²) in [5, 5.41) is 0. The number of halogens is 3. The Bertz CT molecular complexity index is 285. The van der Waals surface area contributed by atoms with E-state index in [4.69, 9.17) is 0 Å². The molecule has 0 unspecified atom stereocenters. The first-order chi connectivity index (χ1) is 7.26. The second-order valence-corrected chi connectivity index (χ2v) is 4.26. The number of hydrogen-bond donors (Lipinski definition) is 0. The molecule has 0 saturated carbocycles. The Morgan fingerprint density at radius 1 is 1.00 bits per heavy atom. The fourth-order valence-electron chi connectivity index (χ4n) is 0.848. The zero-order chi connectivity index (χ0) is 11.1. The van der Waals surface area contributed by atoms with Gasteiger partial charge >= 0.3 is 27.9 Å². The van der Waals surface area contributed by atoms with E-state index < -0.39 is 9.05 Å². The molecule has 0 aromatic heterocycles. The largest absolute Gasteiger partial charge is 1.00 e. The van der Waals surface area contributed by atoms with Crippen LogP contribution in [0, 0.1) is 0 Å². The van der Waals surface area contributed by atoms with Crippen molar-refractivity contribution in [2.75, 3.05) is 0 Å². The first kappa shape index (κ1) is 15.7. The van der Waals surface area contributed by atoms with Crippen LogP contribution < -0.4 is 18.9 Å². The van der Waals surface area contributed by atoms with Gasteiger partial charge in [0.1, 0.15) is 0 Å². The minimum absolute atomic E-state index is 0. The van der Waals surface area contributed by atoms with Gasteiger partial charge in [-0.2, -0.15) is 0 Å². The Labute approximate surface area is 104 Å². The van der Waals surface area contributed by atoms with Crippen LogP contribution in [-0.2, 0) is 24.9 Å². The van der Waals surface area contributed by atoms with E-state index in [1.165, 1.54) is 0 Å². The molecule has 0 amide bonds. The molecule has 0 aliphatic heterocycles. The fraction of sp³-hybridized carbons (Fsp3) is 0.143. The molecule has 4 nitrogen and oxygen atoms in total. The summed E-state index contributed by atoms with van der Waals surface area (Å²) < 4.78 is 48.2. The molecule has 16 heavy (non-hydrogen) atoms. The minimum Gasteiger partial charge on any atom is -1.00 e. The maximum absolute atomic E-state index is 11.7. The van der Waals surface area contributed by atoms with Crippen LogP contribution in [0.15, 0.2) is 30.3 Å². The van der Waals surface area contributed by atoms with Crippen molar-refractivity contribution in [3.8, 4) is 0 Å². The minimum atomic E-state index is -4.90. The molecular formula is C7H8F3LiO4Si. The average molecular weight is 248 g/mol. The summed E-state index contributed by atoms with van der Waals surface area (Å²) in [6.07, 6.45) is 0. The Kier molecular flexibility index (Phi) is 7.69. The molecule has 0 aliphatic rings. The van der Waals surface area contributed by atoms with E-state index in [9.17, 15) is 13.6 Å². The van der Waals surface area contributed by atoms with E-state index in [0.29, 0.717) is 5.56 Å². The Morgan fingerprint density at radius 3 is 1.94 bits per heavy atom. The number of benzene rings is 1. The molecule has 1 rings (SSSR count). The van der Waals surface area contributed by atoms with Crippen LogP contribution in [0.3, 0.4) is 0 Å². The van der Waals surface area contributed by atoms with Crippen LogP contribution in [0.4, 0.5) is 13.6 Å². The van der Waals surface area contributed by atoms with Crippen molar-refractivity contribution in [3.63, 3.8) is 0 Å². The third kappa shape index (κ3) is 4.27. The average Bonchev–Trinajstić information content (AvgIpc) is 2.33. The van der Waals surface area contributed by atoms with Crippen molar-refractivity contribution in [2.24, 2.45) is 0 Å². The predicted octanol–water partition coefficient (Wildman–Crippen LogP) is -0.541. The summed E-state index contributed by atoms with van der Waals surface area (Å²) >= 11 is 0. The van der Waals surface area contributed by atoms with E-state index in [1.54, 1.807) is 30.3 Å². The van der Waals surface area contributed by atoms with E-state index in [2.05, 4.69) is 18.3 Å². The zero-order valence-corrected chi connectivity index (χ0v) is 9.36. The monoisotopic (exact) mass is 248 g/mol. The van der Waals surface area contributed by atoms with Gasteiger partial charge in [0, 0.05) is 0 Å². The van der Waals surface area contributed by atoms with Crippen molar-refractivity contribution in [3.05, 3.63) is 35.9 Å². The van der Waals surface area contributed by atoms with E-state index in [-0.39, 0.29) is 26.9 Å². The summed E-state index contributed by atoms with van der Waals surface area (Å²) in [6.45, 7) is -0.301. The first-order valence-corrected chi connectivity index (χ1v) is 5.47. The SMILES string of the molecule is FO[Si](OF)(OF)OCc1ccccc1.[H-].[Li+]. The summed E-state index contributed by atoms with van der Waals surface area (Å²) in [7, 11) is -4.90. The molecule has 0 radical (unpaired) electrons. The summed E-state index contributed by atoms with van der Waals surface area (Å²) in [4.78, 5) is 0. The van der Waals surface area contributed by atoms with Gasteiger partial charge in [-0.25, -0.2) is 0 Å². The standard InChI is InChI=1S/C7H7F3O4Si.Li.H/c8-12-15(13-9,14-10)11-6-7-4-2-1-3-5-7;;/h1-5H,6H2;;/q;+1;-1. The molecular weight excluding hydrogens is 240 g/mol. The van der Waals surface area contributed by atoms with Crippen molar-refractivity contribution in [1.82, 2.24) is 0 Å². The molecule has 0 spiro atoms. The summed E-state index contributed by atoms with van der Waals surface area (Å²) in [5.74, 6) is 0. The van der Waals surface area contributed by atoms with E-state index >= 15 is 0 Å². The van der Waals surface area contributed by atoms with Gasteiger partial charge in [0.05, 0.1) is 6.61 Å². The van der Waals surface area contributed by atoms with Crippen LogP contribution in [0.2, 0.25) is 0 Å². The second-order valence-electron chi connectivity index (χ2n) is 2.51. The number of hydrogen-bond acceptors (Lipinski definition) is 4. The van der Waals surface area contributed by atoms with Gasteiger partial charge in [-0.15, -0.1) is 13.9 Å². The fourth-order valence-corrected chi connectivity index (χ4v) is 1.40. The maximum atomic E-state index is 11.7. The Balaban J connectivity index is 0. The van der Waals surface area contributed by atoms with Crippen LogP contribution >= 0.6 is 0 Å². The molecule has 86 valence electrons. The molecule has 0 bridgehead atoms. The van der Waals surface area contributed by atoms with Crippen LogP contribution in [0.1, 0.15) is 6.99 Å². The smallest absolute Gasteiger partial charge is 1.00 e. The van der Waals surface area contributed by atoms with Gasteiger partial charge in [0.25, 0.3) is 0 Å². The molecule has 1 aromatic rings.